The number of alkyl halides is 3. The van der Waals surface area contributed by atoms with Crippen molar-refractivity contribution >= 4 is 17.4 Å². The van der Waals surface area contributed by atoms with Crippen LogP contribution in [0.2, 0.25) is 0 Å². The van der Waals surface area contributed by atoms with Gasteiger partial charge in [0.25, 0.3) is 0 Å². The molecule has 2 bridgehead atoms. The van der Waals surface area contributed by atoms with Crippen molar-refractivity contribution in [2.24, 2.45) is 16.7 Å². The predicted octanol–water partition coefficient (Wildman–Crippen LogP) is 3.58. The number of nitrogens with zero attached hydrogens (tertiary/aromatic N) is 6. The van der Waals surface area contributed by atoms with Crippen molar-refractivity contribution in [3.05, 3.63) is 21.7 Å². The zero-order valence-corrected chi connectivity index (χ0v) is 22.2. The van der Waals surface area contributed by atoms with E-state index in [9.17, 15) is 23.1 Å². The molecule has 4 heterocycles. The van der Waals surface area contributed by atoms with Crippen molar-refractivity contribution in [2.75, 3.05) is 26.2 Å². The number of hydrogen-bond donors (Lipinski definition) is 2. The standard InChI is InChI=1S/C26H30F3N7O2S/c27-26(28,29)24(1-2-24)19-34-33-18(39-19)23-9-22(10-23,11-23)15-7-35(8-15)20(37)36-12-21(13-36)5-14(6-21)16-30-17(32-31-16)25(38)3-4-25/h14-15,38H,1-13H2,(H,30,31,32). The van der Waals surface area contributed by atoms with E-state index >= 15 is 0 Å². The van der Waals surface area contributed by atoms with Gasteiger partial charge in [0.15, 0.2) is 5.82 Å². The molecule has 2 aromatic rings. The normalized spacial score (nSPS) is 35.0. The monoisotopic (exact) mass is 561 g/mol. The quantitative estimate of drug-likeness (QED) is 0.578. The summed E-state index contributed by atoms with van der Waals surface area (Å²) in [6, 6.07) is 0.134. The third-order valence-corrected chi connectivity index (χ3v) is 12.8. The number of halogens is 3. The highest BCUT2D eigenvalue weighted by molar-refractivity contribution is 7.11. The Balaban J connectivity index is 0.754. The van der Waals surface area contributed by atoms with Gasteiger partial charge in [-0.2, -0.15) is 18.3 Å². The molecule has 2 aliphatic heterocycles. The molecule has 39 heavy (non-hydrogen) atoms. The van der Waals surface area contributed by atoms with Crippen LogP contribution in [0.5, 0.6) is 0 Å². The number of amides is 2. The minimum atomic E-state index is -4.25. The van der Waals surface area contributed by atoms with Crippen LogP contribution in [-0.4, -0.2) is 78.7 Å². The smallest absolute Gasteiger partial charge is 0.382 e. The van der Waals surface area contributed by atoms with Crippen molar-refractivity contribution in [3.8, 4) is 0 Å². The molecule has 2 aromatic heterocycles. The van der Waals surface area contributed by atoms with Gasteiger partial charge in [-0.1, -0.05) is 11.3 Å². The second-order valence-electron chi connectivity index (χ2n) is 14.1. The Labute approximate surface area is 226 Å². The van der Waals surface area contributed by atoms with Crippen molar-refractivity contribution in [1.29, 1.82) is 0 Å². The zero-order chi connectivity index (χ0) is 26.6. The van der Waals surface area contributed by atoms with E-state index in [2.05, 4.69) is 25.4 Å². The number of rotatable bonds is 5. The average molecular weight is 562 g/mol. The summed E-state index contributed by atoms with van der Waals surface area (Å²) in [4.78, 5) is 21.5. The van der Waals surface area contributed by atoms with Crippen LogP contribution >= 0.6 is 11.3 Å². The van der Waals surface area contributed by atoms with Gasteiger partial charge in [0, 0.05) is 42.9 Å². The average Bonchev–Trinajstić information content (AvgIpc) is 3.59. The number of carbonyl (C=O) groups excluding carboxylic acids is 1. The second kappa shape index (κ2) is 6.78. The van der Waals surface area contributed by atoms with E-state index in [1.165, 1.54) is 11.3 Å². The summed E-state index contributed by atoms with van der Waals surface area (Å²) in [5, 5.41) is 26.6. The summed E-state index contributed by atoms with van der Waals surface area (Å²) >= 11 is 1.18. The summed E-state index contributed by atoms with van der Waals surface area (Å²) in [5.41, 5.74) is -2.21. The van der Waals surface area contributed by atoms with Crippen LogP contribution in [0.25, 0.3) is 0 Å². The fourth-order valence-electron chi connectivity index (χ4n) is 8.47. The fraction of sp³-hybridized carbons (Fsp3) is 0.808. The number of aromatic amines is 1. The Morgan fingerprint density at radius 2 is 1.67 bits per heavy atom. The first-order valence-corrected chi connectivity index (χ1v) is 14.9. The molecule has 2 saturated heterocycles. The molecule has 0 radical (unpaired) electrons. The van der Waals surface area contributed by atoms with Gasteiger partial charge < -0.3 is 14.9 Å². The molecular formula is C26H30F3N7O2S. The molecule has 2 amide bonds. The van der Waals surface area contributed by atoms with Crippen molar-refractivity contribution < 1.29 is 23.1 Å². The van der Waals surface area contributed by atoms with Gasteiger partial charge >= 0.3 is 12.2 Å². The first-order chi connectivity index (χ1) is 18.5. The molecule has 2 N–H and O–H groups in total. The summed E-state index contributed by atoms with van der Waals surface area (Å²) in [6.45, 7) is 3.15. The molecule has 6 saturated carbocycles. The Morgan fingerprint density at radius 3 is 2.28 bits per heavy atom. The van der Waals surface area contributed by atoms with Gasteiger partial charge in [-0.3, -0.25) is 5.10 Å². The molecule has 1 spiro atoms. The lowest BCUT2D eigenvalue weighted by molar-refractivity contribution is -0.208. The van der Waals surface area contributed by atoms with Gasteiger partial charge in [0.2, 0.25) is 0 Å². The Hall–Kier alpha value is -2.28. The molecule has 208 valence electrons. The van der Waals surface area contributed by atoms with Crippen LogP contribution in [0.1, 0.15) is 85.4 Å². The van der Waals surface area contributed by atoms with Crippen LogP contribution in [0.3, 0.4) is 0 Å². The SMILES string of the molecule is O=C(N1CC(C23CC(c4nnc(C5(C(F)(F)F)CC5)s4)(C2)C3)C1)N1CC2(CC(c3nc(C4(O)CC4)n[nH]3)C2)C1. The molecule has 9 nitrogen and oxygen atoms in total. The highest BCUT2D eigenvalue weighted by Gasteiger charge is 2.74. The highest BCUT2D eigenvalue weighted by Crippen LogP contribution is 2.78. The largest absolute Gasteiger partial charge is 0.400 e. The van der Waals surface area contributed by atoms with E-state index in [4.69, 9.17) is 0 Å². The number of hydrogen-bond acceptors (Lipinski definition) is 7. The van der Waals surface area contributed by atoms with Crippen LogP contribution in [0.15, 0.2) is 0 Å². The first kappa shape index (κ1) is 23.4. The van der Waals surface area contributed by atoms with E-state index in [0.29, 0.717) is 17.7 Å². The number of nitrogens with one attached hydrogen (secondary N) is 1. The molecule has 8 fully saturated rings. The maximum atomic E-state index is 13.5. The van der Waals surface area contributed by atoms with Gasteiger partial charge in [-0.05, 0) is 69.1 Å². The Bertz CT molecular complexity index is 1370. The van der Waals surface area contributed by atoms with Crippen molar-refractivity contribution in [2.45, 2.75) is 86.3 Å². The minimum Gasteiger partial charge on any atom is -0.382 e. The number of likely N-dealkylation sites (tertiary alicyclic amines) is 2. The zero-order valence-electron chi connectivity index (χ0n) is 21.4. The topological polar surface area (TPSA) is 111 Å². The number of aromatic nitrogens is 5. The summed E-state index contributed by atoms with van der Waals surface area (Å²) in [7, 11) is 0. The third kappa shape index (κ3) is 2.98. The lowest BCUT2D eigenvalue weighted by Gasteiger charge is -2.74. The Morgan fingerprint density at radius 1 is 1.00 bits per heavy atom. The van der Waals surface area contributed by atoms with E-state index < -0.39 is 17.2 Å². The maximum Gasteiger partial charge on any atom is 0.400 e. The summed E-state index contributed by atoms with van der Waals surface area (Å²) < 4.78 is 40.5. The van der Waals surface area contributed by atoms with Crippen molar-refractivity contribution in [3.63, 3.8) is 0 Å². The molecular weight excluding hydrogens is 531 g/mol. The highest BCUT2D eigenvalue weighted by atomic mass is 32.1. The van der Waals surface area contributed by atoms with E-state index in [1.807, 2.05) is 9.80 Å². The van der Waals surface area contributed by atoms with Crippen LogP contribution in [-0.2, 0) is 16.4 Å². The van der Waals surface area contributed by atoms with Gasteiger partial charge in [-0.15, -0.1) is 10.2 Å². The number of carbonyl (C=O) groups is 1. The summed E-state index contributed by atoms with van der Waals surface area (Å²) in [5.74, 6) is 2.18. The van der Waals surface area contributed by atoms with E-state index in [-0.39, 0.29) is 40.1 Å². The predicted molar refractivity (Wildman–Crippen MR) is 131 cm³/mol. The second-order valence-corrected chi connectivity index (χ2v) is 15.1. The molecule has 0 aromatic carbocycles. The Kier molecular flexibility index (Phi) is 4.07. The number of aliphatic hydroxyl groups is 1. The third-order valence-electron chi connectivity index (χ3n) is 11.4. The van der Waals surface area contributed by atoms with E-state index in [1.54, 1.807) is 0 Å². The molecule has 6 aliphatic carbocycles. The molecule has 13 heteroatoms. The van der Waals surface area contributed by atoms with Crippen molar-refractivity contribution in [1.82, 2.24) is 35.2 Å². The van der Waals surface area contributed by atoms with Gasteiger partial charge in [0.05, 0.1) is 0 Å². The lowest BCUT2D eigenvalue weighted by Crippen LogP contribution is -2.74. The molecule has 10 rings (SSSR count). The fourth-order valence-corrected chi connectivity index (χ4v) is 9.76. The van der Waals surface area contributed by atoms with Crippen LogP contribution < -0.4 is 0 Å². The molecule has 0 unspecified atom stereocenters. The first-order valence-electron chi connectivity index (χ1n) is 14.1. The molecule has 8 aliphatic rings. The maximum absolute atomic E-state index is 13.5. The van der Waals surface area contributed by atoms with Gasteiger partial charge in [-0.25, -0.2) is 9.78 Å². The molecule has 0 atom stereocenters. The van der Waals surface area contributed by atoms with Gasteiger partial charge in [0.1, 0.15) is 26.9 Å². The minimum absolute atomic E-state index is 0.0761. The lowest BCUT2D eigenvalue weighted by atomic mass is 9.31. The van der Waals surface area contributed by atoms with E-state index in [0.717, 1.165) is 82.0 Å². The summed E-state index contributed by atoms with van der Waals surface area (Å²) in [6.07, 6.45) is 2.35. The number of H-pyrrole nitrogens is 1. The van der Waals surface area contributed by atoms with Crippen LogP contribution in [0, 0.1) is 16.7 Å². The van der Waals surface area contributed by atoms with Crippen LogP contribution in [0.4, 0.5) is 18.0 Å². The number of urea groups is 1.